The van der Waals surface area contributed by atoms with Gasteiger partial charge in [0.05, 0.1) is 0 Å². The van der Waals surface area contributed by atoms with Crippen LogP contribution >= 0.6 is 0 Å². The molecule has 1 aromatic rings. The van der Waals surface area contributed by atoms with Gasteiger partial charge in [0.25, 0.3) is 0 Å². The fourth-order valence-electron chi connectivity index (χ4n) is 2.98. The maximum Gasteiger partial charge on any atom is 0.125 e. The molecular formula is C15H24FN3. The summed E-state index contributed by atoms with van der Waals surface area (Å²) >= 11 is 0. The number of nitrogens with one attached hydrogen (secondary N) is 1. The highest BCUT2D eigenvalue weighted by Gasteiger charge is 2.37. The SMILES string of the molecule is CNCC1CN(c2cccc(F)c2)C(C)(C)CN1C. The Morgan fingerprint density at radius 1 is 1.42 bits per heavy atom. The van der Waals surface area contributed by atoms with Crippen LogP contribution in [0.1, 0.15) is 13.8 Å². The molecule has 1 heterocycles. The number of hydrogen-bond donors (Lipinski definition) is 1. The van der Waals surface area contributed by atoms with Crippen LogP contribution in [-0.2, 0) is 0 Å². The molecule has 0 amide bonds. The number of nitrogens with zero attached hydrogens (tertiary/aromatic N) is 2. The molecule has 1 aromatic carbocycles. The van der Waals surface area contributed by atoms with Crippen LogP contribution in [0.5, 0.6) is 0 Å². The number of anilines is 1. The van der Waals surface area contributed by atoms with E-state index in [0.29, 0.717) is 6.04 Å². The van der Waals surface area contributed by atoms with Gasteiger partial charge in [0.1, 0.15) is 5.82 Å². The smallest absolute Gasteiger partial charge is 0.125 e. The molecule has 0 spiro atoms. The molecule has 0 bridgehead atoms. The van der Waals surface area contributed by atoms with E-state index in [4.69, 9.17) is 0 Å². The van der Waals surface area contributed by atoms with Crippen LogP contribution in [0.25, 0.3) is 0 Å². The fraction of sp³-hybridized carbons (Fsp3) is 0.600. The molecule has 1 fully saturated rings. The van der Waals surface area contributed by atoms with Crippen LogP contribution in [-0.4, -0.2) is 50.2 Å². The number of benzene rings is 1. The van der Waals surface area contributed by atoms with Crippen LogP contribution in [0, 0.1) is 5.82 Å². The molecule has 2 rings (SSSR count). The molecular weight excluding hydrogens is 241 g/mol. The lowest BCUT2D eigenvalue weighted by Crippen LogP contribution is -2.64. The zero-order valence-corrected chi connectivity index (χ0v) is 12.3. The van der Waals surface area contributed by atoms with Crippen molar-refractivity contribution >= 4 is 5.69 Å². The van der Waals surface area contributed by atoms with Gasteiger partial charge >= 0.3 is 0 Å². The summed E-state index contributed by atoms with van der Waals surface area (Å²) in [5, 5.41) is 3.24. The van der Waals surface area contributed by atoms with E-state index < -0.39 is 0 Å². The number of hydrogen-bond acceptors (Lipinski definition) is 3. The van der Waals surface area contributed by atoms with Crippen molar-refractivity contribution in [3.8, 4) is 0 Å². The molecule has 0 saturated carbocycles. The van der Waals surface area contributed by atoms with E-state index in [0.717, 1.165) is 25.3 Å². The summed E-state index contributed by atoms with van der Waals surface area (Å²) in [7, 11) is 4.13. The Morgan fingerprint density at radius 3 is 2.79 bits per heavy atom. The van der Waals surface area contributed by atoms with Gasteiger partial charge in [0.2, 0.25) is 0 Å². The van der Waals surface area contributed by atoms with Crippen molar-refractivity contribution in [2.75, 3.05) is 38.6 Å². The predicted octanol–water partition coefficient (Wildman–Crippen LogP) is 1.94. The van der Waals surface area contributed by atoms with Crippen LogP contribution in [0.2, 0.25) is 0 Å². The van der Waals surface area contributed by atoms with E-state index >= 15 is 0 Å². The zero-order valence-electron chi connectivity index (χ0n) is 12.3. The molecule has 1 aliphatic rings. The monoisotopic (exact) mass is 265 g/mol. The Bertz CT molecular complexity index is 433. The average Bonchev–Trinajstić information content (AvgIpc) is 2.32. The van der Waals surface area contributed by atoms with Crippen LogP contribution in [0.15, 0.2) is 24.3 Å². The minimum atomic E-state index is -0.169. The van der Waals surface area contributed by atoms with Gasteiger partial charge in [-0.2, -0.15) is 0 Å². The van der Waals surface area contributed by atoms with Crippen LogP contribution in [0.3, 0.4) is 0 Å². The molecule has 19 heavy (non-hydrogen) atoms. The molecule has 0 aromatic heterocycles. The number of piperazine rings is 1. The molecule has 106 valence electrons. The van der Waals surface area contributed by atoms with Crippen molar-refractivity contribution in [3.63, 3.8) is 0 Å². The lowest BCUT2D eigenvalue weighted by molar-refractivity contribution is 0.150. The molecule has 0 aliphatic carbocycles. The summed E-state index contributed by atoms with van der Waals surface area (Å²) in [6, 6.07) is 7.35. The van der Waals surface area contributed by atoms with E-state index in [1.165, 1.54) is 6.07 Å². The number of likely N-dealkylation sites (N-methyl/N-ethyl adjacent to an activating group) is 2. The van der Waals surface area contributed by atoms with Gasteiger partial charge < -0.3 is 10.2 Å². The highest BCUT2D eigenvalue weighted by atomic mass is 19.1. The highest BCUT2D eigenvalue weighted by Crippen LogP contribution is 2.29. The third-order valence-electron chi connectivity index (χ3n) is 3.94. The summed E-state index contributed by atoms with van der Waals surface area (Å²) in [4.78, 5) is 4.70. The molecule has 0 radical (unpaired) electrons. The first kappa shape index (κ1) is 14.3. The minimum Gasteiger partial charge on any atom is -0.363 e. The van der Waals surface area contributed by atoms with Gasteiger partial charge in [0, 0.05) is 36.9 Å². The van der Waals surface area contributed by atoms with E-state index in [2.05, 4.69) is 36.0 Å². The lowest BCUT2D eigenvalue weighted by atomic mass is 9.95. The van der Waals surface area contributed by atoms with Crippen LogP contribution < -0.4 is 10.2 Å². The van der Waals surface area contributed by atoms with Crippen molar-refractivity contribution in [1.29, 1.82) is 0 Å². The Hall–Kier alpha value is -1.13. The summed E-state index contributed by atoms with van der Waals surface area (Å²) in [6.07, 6.45) is 0. The summed E-state index contributed by atoms with van der Waals surface area (Å²) in [5.74, 6) is -0.169. The molecule has 1 unspecified atom stereocenters. The summed E-state index contributed by atoms with van der Waals surface area (Å²) < 4.78 is 13.4. The molecule has 1 aliphatic heterocycles. The molecule has 3 nitrogen and oxygen atoms in total. The molecule has 4 heteroatoms. The lowest BCUT2D eigenvalue weighted by Gasteiger charge is -2.51. The quantitative estimate of drug-likeness (QED) is 0.901. The van der Waals surface area contributed by atoms with Gasteiger partial charge in [-0.1, -0.05) is 6.07 Å². The second-order valence-corrected chi connectivity index (χ2v) is 6.03. The van der Waals surface area contributed by atoms with Gasteiger partial charge in [0.15, 0.2) is 0 Å². The van der Waals surface area contributed by atoms with Crippen molar-refractivity contribution in [2.24, 2.45) is 0 Å². The van der Waals surface area contributed by atoms with E-state index in [1.54, 1.807) is 12.1 Å². The van der Waals surface area contributed by atoms with Crippen molar-refractivity contribution in [3.05, 3.63) is 30.1 Å². The number of rotatable bonds is 3. The second-order valence-electron chi connectivity index (χ2n) is 6.03. The third kappa shape index (κ3) is 3.07. The van der Waals surface area contributed by atoms with Gasteiger partial charge in [-0.3, -0.25) is 4.90 Å². The molecule has 1 atom stereocenters. The highest BCUT2D eigenvalue weighted by molar-refractivity contribution is 5.50. The summed E-state index contributed by atoms with van der Waals surface area (Å²) in [6.45, 7) is 7.25. The first-order chi connectivity index (χ1) is 8.94. The first-order valence-corrected chi connectivity index (χ1v) is 6.82. The normalized spacial score (nSPS) is 23.6. The first-order valence-electron chi connectivity index (χ1n) is 6.82. The molecule has 1 saturated heterocycles. The van der Waals surface area contributed by atoms with Crippen molar-refractivity contribution in [2.45, 2.75) is 25.4 Å². The van der Waals surface area contributed by atoms with Gasteiger partial charge in [-0.05, 0) is 46.1 Å². The maximum absolute atomic E-state index is 13.4. The number of halogens is 1. The Morgan fingerprint density at radius 2 is 2.16 bits per heavy atom. The third-order valence-corrected chi connectivity index (χ3v) is 3.94. The Kier molecular flexibility index (Phi) is 4.11. The van der Waals surface area contributed by atoms with Crippen molar-refractivity contribution in [1.82, 2.24) is 10.2 Å². The van der Waals surface area contributed by atoms with E-state index in [9.17, 15) is 4.39 Å². The largest absolute Gasteiger partial charge is 0.363 e. The van der Waals surface area contributed by atoms with E-state index in [-0.39, 0.29) is 11.4 Å². The van der Waals surface area contributed by atoms with Gasteiger partial charge in [-0.25, -0.2) is 4.39 Å². The summed E-state index contributed by atoms with van der Waals surface area (Å²) in [5.41, 5.74) is 0.978. The van der Waals surface area contributed by atoms with E-state index in [1.807, 2.05) is 13.1 Å². The minimum absolute atomic E-state index is 0.00673. The predicted molar refractivity (Wildman–Crippen MR) is 78.2 cm³/mol. The maximum atomic E-state index is 13.4. The zero-order chi connectivity index (χ0) is 14.0. The van der Waals surface area contributed by atoms with Gasteiger partial charge in [-0.15, -0.1) is 0 Å². The second kappa shape index (κ2) is 5.47. The Labute approximate surface area is 115 Å². The topological polar surface area (TPSA) is 18.5 Å². The van der Waals surface area contributed by atoms with Crippen molar-refractivity contribution < 1.29 is 4.39 Å². The fourth-order valence-corrected chi connectivity index (χ4v) is 2.98. The Balaban J connectivity index is 2.26. The molecule has 1 N–H and O–H groups in total. The standard InChI is InChI=1S/C15H24FN3/c1-15(2)11-18(4)14(9-17-3)10-19(15)13-7-5-6-12(16)8-13/h5-8,14,17H,9-11H2,1-4H3. The van der Waals surface area contributed by atoms with Crippen LogP contribution in [0.4, 0.5) is 10.1 Å². The average molecular weight is 265 g/mol.